The van der Waals surface area contributed by atoms with Crippen LogP contribution < -0.4 is 20.1 Å². The summed E-state index contributed by atoms with van der Waals surface area (Å²) in [5.41, 5.74) is 1.22. The quantitative estimate of drug-likeness (QED) is 0.463. The second-order valence-corrected chi connectivity index (χ2v) is 8.82. The molecule has 2 aliphatic heterocycles. The maximum absolute atomic E-state index is 5.41. The van der Waals surface area contributed by atoms with E-state index in [1.807, 2.05) is 13.1 Å². The first-order chi connectivity index (χ1) is 15.1. The van der Waals surface area contributed by atoms with E-state index in [-0.39, 0.29) is 0 Å². The minimum atomic E-state index is 0.421. The Hall–Kier alpha value is -1.99. The molecule has 1 aromatic carbocycles. The average Bonchev–Trinajstić information content (AvgIpc) is 3.24. The Bertz CT molecular complexity index is 681. The average molecular weight is 432 g/mol. The van der Waals surface area contributed by atoms with Gasteiger partial charge in [0.15, 0.2) is 5.96 Å². The number of ether oxygens (including phenoxy) is 2. The number of nitrogens with zero attached hydrogens (tertiary/aromatic N) is 3. The van der Waals surface area contributed by atoms with Gasteiger partial charge >= 0.3 is 0 Å². The third kappa shape index (κ3) is 7.28. The fourth-order valence-corrected chi connectivity index (χ4v) is 4.67. The van der Waals surface area contributed by atoms with E-state index in [0.29, 0.717) is 6.04 Å². The van der Waals surface area contributed by atoms with Crippen molar-refractivity contribution in [3.8, 4) is 11.5 Å². The van der Waals surface area contributed by atoms with Crippen LogP contribution in [0.4, 0.5) is 0 Å². The summed E-state index contributed by atoms with van der Waals surface area (Å²) >= 11 is 0. The van der Waals surface area contributed by atoms with Gasteiger partial charge in [-0.25, -0.2) is 0 Å². The molecule has 1 aromatic rings. The van der Waals surface area contributed by atoms with Crippen LogP contribution >= 0.6 is 0 Å². The molecule has 1 unspecified atom stereocenters. The van der Waals surface area contributed by atoms with Crippen molar-refractivity contribution in [2.24, 2.45) is 10.9 Å². The Morgan fingerprint density at radius 2 is 1.71 bits per heavy atom. The Labute approximate surface area is 188 Å². The molecular formula is C24H41N5O2. The van der Waals surface area contributed by atoms with Gasteiger partial charge in [0.2, 0.25) is 0 Å². The van der Waals surface area contributed by atoms with Crippen LogP contribution in [0.25, 0.3) is 0 Å². The lowest BCUT2D eigenvalue weighted by Crippen LogP contribution is -2.47. The van der Waals surface area contributed by atoms with E-state index in [1.165, 1.54) is 44.5 Å². The molecule has 0 aromatic heterocycles. The molecule has 2 N–H and O–H groups in total. The summed E-state index contributed by atoms with van der Waals surface area (Å²) in [5.74, 6) is 3.36. The molecular weight excluding hydrogens is 390 g/mol. The van der Waals surface area contributed by atoms with Crippen molar-refractivity contribution in [2.75, 3.05) is 60.5 Å². The fraction of sp³-hybridized carbons (Fsp3) is 0.708. The number of rotatable bonds is 9. The molecule has 2 fully saturated rings. The number of aliphatic imine (C=N–C) groups is 1. The van der Waals surface area contributed by atoms with Crippen molar-refractivity contribution in [1.29, 1.82) is 0 Å². The van der Waals surface area contributed by atoms with Crippen molar-refractivity contribution in [3.05, 3.63) is 23.8 Å². The number of hydrogen-bond donors (Lipinski definition) is 2. The van der Waals surface area contributed by atoms with Crippen molar-refractivity contribution >= 4 is 5.96 Å². The number of nitrogens with one attached hydrogen (secondary N) is 2. The second kappa shape index (κ2) is 12.2. The standard InChI is InChI=1S/C24H41N5O2/c1-5-9-28-10-6-19(7-11-28)16-26-24(25-2)27-21-8-12-29(18-21)17-20-13-22(30-3)15-23(14-20)31-4/h13-15,19,21H,5-12,16-18H2,1-4H3,(H2,25,26,27). The molecule has 0 bridgehead atoms. The van der Waals surface area contributed by atoms with Gasteiger partial charge in [-0.1, -0.05) is 6.92 Å². The molecule has 7 heteroatoms. The largest absolute Gasteiger partial charge is 0.497 e. The summed E-state index contributed by atoms with van der Waals surface area (Å²) in [6, 6.07) is 6.52. The molecule has 0 radical (unpaired) electrons. The van der Waals surface area contributed by atoms with Crippen LogP contribution in [0.3, 0.4) is 0 Å². The number of methoxy groups -OCH3 is 2. The molecule has 0 spiro atoms. The zero-order valence-corrected chi connectivity index (χ0v) is 19.8. The first-order valence-electron chi connectivity index (χ1n) is 11.8. The predicted octanol–water partition coefficient (Wildman–Crippen LogP) is 2.57. The monoisotopic (exact) mass is 431 g/mol. The van der Waals surface area contributed by atoms with Crippen molar-refractivity contribution in [3.63, 3.8) is 0 Å². The molecule has 0 amide bonds. The van der Waals surface area contributed by atoms with E-state index in [4.69, 9.17) is 9.47 Å². The van der Waals surface area contributed by atoms with Crippen molar-refractivity contribution in [1.82, 2.24) is 20.4 Å². The first kappa shape index (κ1) is 23.7. The minimum Gasteiger partial charge on any atom is -0.497 e. The summed E-state index contributed by atoms with van der Waals surface area (Å²) in [4.78, 5) is 9.53. The van der Waals surface area contributed by atoms with E-state index in [9.17, 15) is 0 Å². The molecule has 7 nitrogen and oxygen atoms in total. The van der Waals surface area contributed by atoms with Gasteiger partial charge in [-0.3, -0.25) is 9.89 Å². The lowest BCUT2D eigenvalue weighted by atomic mass is 9.97. The van der Waals surface area contributed by atoms with Gasteiger partial charge in [-0.2, -0.15) is 0 Å². The normalized spacial score (nSPS) is 21.3. The zero-order valence-electron chi connectivity index (χ0n) is 19.8. The van der Waals surface area contributed by atoms with Crippen LogP contribution in [-0.2, 0) is 6.54 Å². The first-order valence-corrected chi connectivity index (χ1v) is 11.8. The molecule has 2 saturated heterocycles. The van der Waals surface area contributed by atoms with Crippen LogP contribution in [0.5, 0.6) is 11.5 Å². The number of hydrogen-bond acceptors (Lipinski definition) is 5. The molecule has 0 aliphatic carbocycles. The summed E-state index contributed by atoms with van der Waals surface area (Å²) < 4.78 is 10.8. The third-order valence-electron chi connectivity index (χ3n) is 6.46. The highest BCUT2D eigenvalue weighted by atomic mass is 16.5. The smallest absolute Gasteiger partial charge is 0.191 e. The molecule has 3 rings (SSSR count). The highest BCUT2D eigenvalue weighted by Gasteiger charge is 2.24. The van der Waals surface area contributed by atoms with E-state index < -0.39 is 0 Å². The number of guanidine groups is 1. The molecule has 0 saturated carbocycles. The SMILES string of the molecule is CCCN1CCC(CNC(=NC)NC2CCN(Cc3cc(OC)cc(OC)c3)C2)CC1. The molecule has 2 aliphatic rings. The molecule has 31 heavy (non-hydrogen) atoms. The lowest BCUT2D eigenvalue weighted by Gasteiger charge is -2.32. The van der Waals surface area contributed by atoms with Gasteiger partial charge < -0.3 is 25.0 Å². The Morgan fingerprint density at radius 1 is 1.03 bits per heavy atom. The summed E-state index contributed by atoms with van der Waals surface area (Å²) in [6.07, 6.45) is 4.94. The van der Waals surface area contributed by atoms with Crippen LogP contribution in [-0.4, -0.2) is 82.3 Å². The fourth-order valence-electron chi connectivity index (χ4n) is 4.67. The highest BCUT2D eigenvalue weighted by Crippen LogP contribution is 2.24. The topological polar surface area (TPSA) is 61.4 Å². The number of benzene rings is 1. The maximum Gasteiger partial charge on any atom is 0.191 e. The second-order valence-electron chi connectivity index (χ2n) is 8.82. The van der Waals surface area contributed by atoms with E-state index >= 15 is 0 Å². The van der Waals surface area contributed by atoms with Crippen LogP contribution in [0.1, 0.15) is 38.2 Å². The Morgan fingerprint density at radius 3 is 2.32 bits per heavy atom. The van der Waals surface area contributed by atoms with Crippen molar-refractivity contribution in [2.45, 2.75) is 45.2 Å². The predicted molar refractivity (Wildman–Crippen MR) is 127 cm³/mol. The van der Waals surface area contributed by atoms with Gasteiger partial charge in [0.1, 0.15) is 11.5 Å². The van der Waals surface area contributed by atoms with Gasteiger partial charge in [0.05, 0.1) is 14.2 Å². The zero-order chi connectivity index (χ0) is 22.1. The van der Waals surface area contributed by atoms with Gasteiger partial charge in [-0.05, 0) is 68.9 Å². The molecule has 174 valence electrons. The summed E-state index contributed by atoms with van der Waals surface area (Å²) in [6.45, 7) is 9.97. The van der Waals surface area contributed by atoms with Gasteiger partial charge in [0, 0.05) is 45.3 Å². The molecule has 2 heterocycles. The van der Waals surface area contributed by atoms with E-state index in [2.05, 4.69) is 44.5 Å². The number of piperidine rings is 1. The van der Waals surface area contributed by atoms with E-state index in [1.54, 1.807) is 14.2 Å². The van der Waals surface area contributed by atoms with E-state index in [0.717, 1.165) is 56.0 Å². The number of likely N-dealkylation sites (tertiary alicyclic amines) is 2. The summed E-state index contributed by atoms with van der Waals surface area (Å²) in [5, 5.41) is 7.21. The highest BCUT2D eigenvalue weighted by molar-refractivity contribution is 5.80. The summed E-state index contributed by atoms with van der Waals surface area (Å²) in [7, 11) is 5.26. The maximum atomic E-state index is 5.41. The minimum absolute atomic E-state index is 0.421. The van der Waals surface area contributed by atoms with Crippen LogP contribution in [0.2, 0.25) is 0 Å². The van der Waals surface area contributed by atoms with Crippen LogP contribution in [0, 0.1) is 5.92 Å². The van der Waals surface area contributed by atoms with Gasteiger partial charge in [0.25, 0.3) is 0 Å². The Kier molecular flexibility index (Phi) is 9.28. The lowest BCUT2D eigenvalue weighted by molar-refractivity contribution is 0.185. The Balaban J connectivity index is 1.41. The van der Waals surface area contributed by atoms with Crippen molar-refractivity contribution < 1.29 is 9.47 Å². The third-order valence-corrected chi connectivity index (χ3v) is 6.46. The van der Waals surface area contributed by atoms with Crippen LogP contribution in [0.15, 0.2) is 23.2 Å². The molecule has 1 atom stereocenters. The van der Waals surface area contributed by atoms with Gasteiger partial charge in [-0.15, -0.1) is 0 Å².